The van der Waals surface area contributed by atoms with Gasteiger partial charge >= 0.3 is 14.5 Å². The normalized spacial score (nSPS) is 13.8. The monoisotopic (exact) mass is 420 g/mol. The predicted molar refractivity (Wildman–Crippen MR) is 119 cm³/mol. The Balaban J connectivity index is 4.44. The van der Waals surface area contributed by atoms with E-state index in [4.69, 9.17) is 13.0 Å². The van der Waals surface area contributed by atoms with Crippen LogP contribution in [-0.4, -0.2) is 37.8 Å². The molecule has 0 saturated heterocycles. The number of esters is 1. The molecule has 0 aliphatic carbocycles. The van der Waals surface area contributed by atoms with Gasteiger partial charge in [0.25, 0.3) is 0 Å². The fourth-order valence-corrected chi connectivity index (χ4v) is 17.3. The predicted octanol–water partition coefficient (Wildman–Crippen LogP) is 6.30. The number of rotatable bonds is 13. The largest absolute Gasteiger partial charge is 0.465 e. The molecule has 0 amide bonds. The van der Waals surface area contributed by atoms with Crippen molar-refractivity contribution in [1.29, 1.82) is 0 Å². The molecule has 0 N–H and O–H groups in total. The summed E-state index contributed by atoms with van der Waals surface area (Å²) >= 11 is 0. The Morgan fingerprint density at radius 3 is 1.73 bits per heavy atom. The molecular formula is C19H44O4Si3. The van der Waals surface area contributed by atoms with Gasteiger partial charge in [-0.1, -0.05) is 26.7 Å². The first-order chi connectivity index (χ1) is 11.7. The highest BCUT2D eigenvalue weighted by atomic mass is 28.5. The Morgan fingerprint density at radius 1 is 0.846 bits per heavy atom. The maximum atomic E-state index is 12.0. The highest BCUT2D eigenvalue weighted by Gasteiger charge is 2.39. The quantitative estimate of drug-likeness (QED) is 0.199. The van der Waals surface area contributed by atoms with Crippen LogP contribution in [0.25, 0.3) is 0 Å². The van der Waals surface area contributed by atoms with Crippen LogP contribution in [-0.2, 0) is 17.8 Å². The maximum Gasteiger partial charge on any atom is 0.311 e. The van der Waals surface area contributed by atoms with Gasteiger partial charge in [-0.3, -0.25) is 4.79 Å². The van der Waals surface area contributed by atoms with Gasteiger partial charge in [0.1, 0.15) is 0 Å². The van der Waals surface area contributed by atoms with Crippen LogP contribution in [0.1, 0.15) is 53.4 Å². The number of carbonyl (C=O) groups excluding carboxylic acids is 1. The third kappa shape index (κ3) is 11.0. The number of hydrogen-bond acceptors (Lipinski definition) is 4. The van der Waals surface area contributed by atoms with Gasteiger partial charge in [-0.2, -0.15) is 0 Å². The lowest BCUT2D eigenvalue weighted by atomic mass is 9.91. The first-order valence-electron chi connectivity index (χ1n) is 10.2. The molecule has 7 heteroatoms. The molecule has 156 valence electrons. The number of hydrogen-bond donors (Lipinski definition) is 0. The molecule has 0 bridgehead atoms. The van der Waals surface area contributed by atoms with Crippen LogP contribution in [0.4, 0.5) is 0 Å². The zero-order chi connectivity index (χ0) is 20.6. The Morgan fingerprint density at radius 2 is 1.31 bits per heavy atom. The van der Waals surface area contributed by atoms with Crippen LogP contribution >= 0.6 is 0 Å². The van der Waals surface area contributed by atoms with Crippen molar-refractivity contribution in [1.82, 2.24) is 0 Å². The molecule has 0 aromatic carbocycles. The molecule has 0 aliphatic rings. The average Bonchev–Trinajstić information content (AvgIpc) is 2.46. The van der Waals surface area contributed by atoms with Gasteiger partial charge in [-0.25, -0.2) is 0 Å². The molecule has 0 aromatic heterocycles. The first-order valence-corrected chi connectivity index (χ1v) is 19.3. The molecule has 4 nitrogen and oxygen atoms in total. The maximum absolute atomic E-state index is 12.0. The van der Waals surface area contributed by atoms with E-state index >= 15 is 0 Å². The minimum atomic E-state index is -2.13. The van der Waals surface area contributed by atoms with Gasteiger partial charge in [-0.15, -0.1) is 0 Å². The molecule has 0 aliphatic heterocycles. The van der Waals surface area contributed by atoms with Crippen molar-refractivity contribution in [2.45, 2.75) is 105 Å². The summed E-state index contributed by atoms with van der Waals surface area (Å²) in [5.41, 5.74) is -0.388. The Hall–Kier alpha value is 0.0406. The summed E-state index contributed by atoms with van der Waals surface area (Å²) in [7, 11) is -5.60. The summed E-state index contributed by atoms with van der Waals surface area (Å²) in [4.78, 5) is 12.0. The van der Waals surface area contributed by atoms with E-state index in [1.807, 2.05) is 20.8 Å². The van der Waals surface area contributed by atoms with Crippen LogP contribution in [0.15, 0.2) is 0 Å². The van der Waals surface area contributed by atoms with Crippen LogP contribution in [0.2, 0.25) is 51.4 Å². The summed E-state index contributed by atoms with van der Waals surface area (Å²) < 4.78 is 18.6. The second-order valence-corrected chi connectivity index (χ2v) is 22.2. The highest BCUT2D eigenvalue weighted by Crippen LogP contribution is 2.27. The van der Waals surface area contributed by atoms with E-state index < -0.39 is 25.2 Å². The molecule has 0 radical (unpaired) electrons. The van der Waals surface area contributed by atoms with Gasteiger partial charge in [-0.05, 0) is 78.1 Å². The van der Waals surface area contributed by atoms with E-state index in [0.29, 0.717) is 6.61 Å². The van der Waals surface area contributed by atoms with Gasteiger partial charge in [0.15, 0.2) is 16.6 Å². The van der Waals surface area contributed by atoms with Crippen LogP contribution < -0.4 is 0 Å². The van der Waals surface area contributed by atoms with E-state index in [9.17, 15) is 4.79 Å². The second-order valence-electron chi connectivity index (χ2n) is 9.70. The molecule has 0 rings (SSSR count). The van der Waals surface area contributed by atoms with Gasteiger partial charge in [0.05, 0.1) is 12.0 Å². The zero-order valence-corrected chi connectivity index (χ0v) is 22.1. The topological polar surface area (TPSA) is 44.8 Å². The summed E-state index contributed by atoms with van der Waals surface area (Å²) in [6.07, 6.45) is 4.12. The van der Waals surface area contributed by atoms with Crippen molar-refractivity contribution in [3.05, 3.63) is 0 Å². The molecule has 0 aromatic rings. The highest BCUT2D eigenvalue weighted by molar-refractivity contribution is 6.87. The van der Waals surface area contributed by atoms with E-state index in [1.165, 1.54) is 18.9 Å². The van der Waals surface area contributed by atoms with Crippen LogP contribution in [0.3, 0.4) is 0 Å². The molecule has 26 heavy (non-hydrogen) atoms. The lowest BCUT2D eigenvalue weighted by molar-refractivity contribution is -0.154. The van der Waals surface area contributed by atoms with Gasteiger partial charge in [0, 0.05) is 0 Å². The first kappa shape index (κ1) is 26.0. The van der Waals surface area contributed by atoms with Crippen LogP contribution in [0.5, 0.6) is 0 Å². The molecule has 0 unspecified atom stereocenters. The van der Waals surface area contributed by atoms with Crippen molar-refractivity contribution in [2.75, 3.05) is 6.61 Å². The number of ether oxygens (including phenoxy) is 1. The van der Waals surface area contributed by atoms with Crippen molar-refractivity contribution in [3.63, 3.8) is 0 Å². The number of carbonyl (C=O) groups is 1. The van der Waals surface area contributed by atoms with Crippen molar-refractivity contribution < 1.29 is 17.8 Å². The molecule has 0 fully saturated rings. The average molecular weight is 421 g/mol. The summed E-state index contributed by atoms with van der Waals surface area (Å²) in [5.74, 6) is -0.0953. The summed E-state index contributed by atoms with van der Waals surface area (Å²) in [5, 5.41) is 0. The molecule has 0 saturated carbocycles. The molecular weight excluding hydrogens is 376 g/mol. The van der Waals surface area contributed by atoms with Crippen LogP contribution in [0, 0.1) is 5.41 Å². The van der Waals surface area contributed by atoms with Crippen molar-refractivity contribution in [3.8, 4) is 0 Å². The minimum Gasteiger partial charge on any atom is -0.465 e. The Labute approximate surface area is 165 Å². The van der Waals surface area contributed by atoms with Gasteiger partial charge in [0.2, 0.25) is 0 Å². The fourth-order valence-electron chi connectivity index (χ4n) is 3.06. The SMILES string of the molecule is CCCC[Si](C)(C)O[Si](C)(C)O[Si](C)(C)CCCOC(=O)C(C)(C)CC. The van der Waals surface area contributed by atoms with Gasteiger partial charge < -0.3 is 13.0 Å². The Kier molecular flexibility index (Phi) is 10.6. The van der Waals surface area contributed by atoms with Crippen molar-refractivity contribution >= 4 is 31.2 Å². The lowest BCUT2D eigenvalue weighted by Crippen LogP contribution is -2.52. The second kappa shape index (κ2) is 10.5. The van der Waals surface area contributed by atoms with E-state index in [-0.39, 0.29) is 11.4 Å². The lowest BCUT2D eigenvalue weighted by Gasteiger charge is -2.38. The molecule has 0 spiro atoms. The summed E-state index contributed by atoms with van der Waals surface area (Å²) in [6, 6.07) is 2.19. The zero-order valence-electron chi connectivity index (χ0n) is 19.1. The third-order valence-corrected chi connectivity index (χ3v) is 16.2. The molecule has 0 atom stereocenters. The van der Waals surface area contributed by atoms with E-state index in [2.05, 4.69) is 46.2 Å². The summed E-state index contributed by atoms with van der Waals surface area (Å²) in [6.45, 7) is 22.1. The Bertz CT molecular complexity index is 435. The van der Waals surface area contributed by atoms with E-state index in [1.54, 1.807) is 0 Å². The minimum absolute atomic E-state index is 0.0953. The fraction of sp³-hybridized carbons (Fsp3) is 0.947. The number of unbranched alkanes of at least 4 members (excludes halogenated alkanes) is 1. The van der Waals surface area contributed by atoms with Crippen molar-refractivity contribution in [2.24, 2.45) is 5.41 Å². The standard InChI is InChI=1S/C19H44O4Si3/c1-11-13-16-24(5,6)22-26(9,10)23-25(7,8)17-14-15-21-18(20)19(3,4)12-2/h11-17H2,1-10H3. The molecule has 0 heterocycles. The van der Waals surface area contributed by atoms with E-state index in [0.717, 1.165) is 18.9 Å². The third-order valence-electron chi connectivity index (χ3n) is 4.77. The smallest absolute Gasteiger partial charge is 0.311 e.